The maximum absolute atomic E-state index is 12.9. The first-order chi connectivity index (χ1) is 13.5. The zero-order valence-electron chi connectivity index (χ0n) is 15.5. The number of carbonyl (C=O) groups is 2. The van der Waals surface area contributed by atoms with Gasteiger partial charge in [-0.15, -0.1) is 0 Å². The van der Waals surface area contributed by atoms with E-state index in [1.807, 2.05) is 35.2 Å². The first-order valence-electron chi connectivity index (χ1n) is 9.36. The predicted molar refractivity (Wildman–Crippen MR) is 113 cm³/mol. The van der Waals surface area contributed by atoms with Crippen LogP contribution < -0.4 is 10.6 Å². The summed E-state index contributed by atoms with van der Waals surface area (Å²) in [6, 6.07) is 13.9. The number of halogens is 2. The van der Waals surface area contributed by atoms with Crippen molar-refractivity contribution in [2.75, 3.05) is 25.0 Å². The van der Waals surface area contributed by atoms with Crippen LogP contribution >= 0.6 is 23.2 Å². The SMILES string of the molecule is O=C(Nc1cc(Cl)cc(Cl)c1)[C@@H](NCCCN1CCCC1=O)c1ccccc1. The summed E-state index contributed by atoms with van der Waals surface area (Å²) in [5.41, 5.74) is 1.42. The van der Waals surface area contributed by atoms with Crippen LogP contribution in [0.1, 0.15) is 30.9 Å². The van der Waals surface area contributed by atoms with Gasteiger partial charge in [-0.3, -0.25) is 9.59 Å². The number of hydrogen-bond acceptors (Lipinski definition) is 3. The third kappa shape index (κ3) is 5.71. The third-order valence-electron chi connectivity index (χ3n) is 4.65. The van der Waals surface area contributed by atoms with Crippen LogP contribution in [0.2, 0.25) is 10.0 Å². The first kappa shape index (κ1) is 20.6. The fourth-order valence-corrected chi connectivity index (χ4v) is 3.83. The Morgan fingerprint density at radius 2 is 1.82 bits per heavy atom. The summed E-state index contributed by atoms with van der Waals surface area (Å²) in [5, 5.41) is 7.11. The minimum absolute atomic E-state index is 0.193. The summed E-state index contributed by atoms with van der Waals surface area (Å²) in [5.74, 6) is 0.0250. The molecule has 2 N–H and O–H groups in total. The molecule has 0 aliphatic carbocycles. The van der Waals surface area contributed by atoms with Gasteiger partial charge in [0.25, 0.3) is 0 Å². The molecule has 1 atom stereocenters. The van der Waals surface area contributed by atoms with E-state index in [4.69, 9.17) is 23.2 Å². The number of hydrogen-bond donors (Lipinski definition) is 2. The molecule has 0 radical (unpaired) electrons. The molecule has 1 aliphatic heterocycles. The average Bonchev–Trinajstić information content (AvgIpc) is 3.06. The van der Waals surface area contributed by atoms with Gasteiger partial charge in [0, 0.05) is 35.2 Å². The lowest BCUT2D eigenvalue weighted by atomic mass is 10.1. The number of nitrogens with one attached hydrogen (secondary N) is 2. The highest BCUT2D eigenvalue weighted by Gasteiger charge is 2.22. The maximum atomic E-state index is 12.9. The Morgan fingerprint density at radius 1 is 1.11 bits per heavy atom. The van der Waals surface area contributed by atoms with Crippen molar-refractivity contribution in [2.24, 2.45) is 0 Å². The standard InChI is InChI=1S/C21H23Cl2N3O2/c22-16-12-17(23)14-18(13-16)25-21(28)20(15-6-2-1-3-7-15)24-9-5-11-26-10-4-8-19(26)27/h1-3,6-7,12-14,20,24H,4-5,8-11H2,(H,25,28)/t20-/m0/s1. The molecule has 2 aromatic rings. The molecule has 1 saturated heterocycles. The molecule has 0 unspecified atom stereocenters. The second-order valence-corrected chi connectivity index (χ2v) is 7.66. The van der Waals surface area contributed by atoms with E-state index in [1.165, 1.54) is 0 Å². The predicted octanol–water partition coefficient (Wildman–Crippen LogP) is 4.28. The Morgan fingerprint density at radius 3 is 2.46 bits per heavy atom. The van der Waals surface area contributed by atoms with Crippen molar-refractivity contribution in [1.82, 2.24) is 10.2 Å². The van der Waals surface area contributed by atoms with Crippen LogP contribution in [0.4, 0.5) is 5.69 Å². The maximum Gasteiger partial charge on any atom is 0.246 e. The van der Waals surface area contributed by atoms with E-state index in [-0.39, 0.29) is 11.8 Å². The molecule has 0 saturated carbocycles. The smallest absolute Gasteiger partial charge is 0.246 e. The van der Waals surface area contributed by atoms with Gasteiger partial charge in [-0.25, -0.2) is 0 Å². The lowest BCUT2D eigenvalue weighted by molar-refractivity contribution is -0.127. The molecule has 5 nitrogen and oxygen atoms in total. The molecule has 2 aromatic carbocycles. The fourth-order valence-electron chi connectivity index (χ4n) is 3.30. The van der Waals surface area contributed by atoms with Crippen LogP contribution in [-0.4, -0.2) is 36.3 Å². The Kier molecular flexibility index (Phi) is 7.31. The minimum Gasteiger partial charge on any atom is -0.343 e. The summed E-state index contributed by atoms with van der Waals surface area (Å²) in [6.07, 6.45) is 2.36. The quantitative estimate of drug-likeness (QED) is 0.627. The van der Waals surface area contributed by atoms with E-state index >= 15 is 0 Å². The second kappa shape index (κ2) is 9.92. The van der Waals surface area contributed by atoms with Gasteiger partial charge >= 0.3 is 0 Å². The van der Waals surface area contributed by atoms with Crippen LogP contribution in [0.5, 0.6) is 0 Å². The molecule has 2 amide bonds. The molecule has 1 fully saturated rings. The number of rotatable bonds is 8. The van der Waals surface area contributed by atoms with Crippen molar-refractivity contribution >= 4 is 40.7 Å². The van der Waals surface area contributed by atoms with Crippen LogP contribution in [0.25, 0.3) is 0 Å². The highest BCUT2D eigenvalue weighted by Crippen LogP contribution is 2.24. The Labute approximate surface area is 175 Å². The van der Waals surface area contributed by atoms with E-state index < -0.39 is 6.04 Å². The number of nitrogens with zero attached hydrogens (tertiary/aromatic N) is 1. The van der Waals surface area contributed by atoms with Crippen LogP contribution in [-0.2, 0) is 9.59 Å². The number of likely N-dealkylation sites (tertiary alicyclic amines) is 1. The largest absolute Gasteiger partial charge is 0.343 e. The summed E-state index contributed by atoms with van der Waals surface area (Å²) in [4.78, 5) is 26.5. The number of anilines is 1. The molecule has 0 spiro atoms. The molecule has 7 heteroatoms. The van der Waals surface area contributed by atoms with E-state index in [1.54, 1.807) is 18.2 Å². The fraction of sp³-hybridized carbons (Fsp3) is 0.333. The molecule has 1 aliphatic rings. The number of amides is 2. The molecular formula is C21H23Cl2N3O2. The summed E-state index contributed by atoms with van der Waals surface area (Å²) in [6.45, 7) is 2.16. The molecular weight excluding hydrogens is 397 g/mol. The minimum atomic E-state index is -0.520. The van der Waals surface area contributed by atoms with Gasteiger partial charge in [0.2, 0.25) is 11.8 Å². The van der Waals surface area contributed by atoms with E-state index in [0.29, 0.717) is 35.2 Å². The molecule has 3 rings (SSSR count). The van der Waals surface area contributed by atoms with E-state index in [2.05, 4.69) is 10.6 Å². The van der Waals surface area contributed by atoms with Crippen molar-refractivity contribution in [3.63, 3.8) is 0 Å². The molecule has 1 heterocycles. The van der Waals surface area contributed by atoms with Gasteiger partial charge in [0.15, 0.2) is 0 Å². The summed E-state index contributed by atoms with van der Waals surface area (Å²) < 4.78 is 0. The van der Waals surface area contributed by atoms with Crippen molar-refractivity contribution in [3.8, 4) is 0 Å². The molecule has 0 bridgehead atoms. The Balaban J connectivity index is 1.63. The van der Waals surface area contributed by atoms with Crippen molar-refractivity contribution in [1.29, 1.82) is 0 Å². The summed E-state index contributed by atoms with van der Waals surface area (Å²) in [7, 11) is 0. The first-order valence-corrected chi connectivity index (χ1v) is 10.1. The normalized spacial score (nSPS) is 14.9. The van der Waals surface area contributed by atoms with E-state index in [9.17, 15) is 9.59 Å². The van der Waals surface area contributed by atoms with Gasteiger partial charge in [0.1, 0.15) is 6.04 Å². The van der Waals surface area contributed by atoms with Gasteiger partial charge < -0.3 is 15.5 Å². The zero-order chi connectivity index (χ0) is 19.9. The lowest BCUT2D eigenvalue weighted by Gasteiger charge is -2.20. The Hall–Kier alpha value is -2.08. The topological polar surface area (TPSA) is 61.4 Å². The van der Waals surface area contributed by atoms with Gasteiger partial charge in [-0.1, -0.05) is 53.5 Å². The zero-order valence-corrected chi connectivity index (χ0v) is 17.0. The van der Waals surface area contributed by atoms with Gasteiger partial charge in [-0.2, -0.15) is 0 Å². The lowest BCUT2D eigenvalue weighted by Crippen LogP contribution is -2.35. The molecule has 148 valence electrons. The van der Waals surface area contributed by atoms with Crippen molar-refractivity contribution in [3.05, 3.63) is 64.1 Å². The second-order valence-electron chi connectivity index (χ2n) is 6.78. The van der Waals surface area contributed by atoms with Crippen LogP contribution in [0.15, 0.2) is 48.5 Å². The third-order valence-corrected chi connectivity index (χ3v) is 5.09. The highest BCUT2D eigenvalue weighted by atomic mass is 35.5. The van der Waals surface area contributed by atoms with Crippen LogP contribution in [0, 0.1) is 0 Å². The number of benzene rings is 2. The summed E-state index contributed by atoms with van der Waals surface area (Å²) >= 11 is 12.0. The van der Waals surface area contributed by atoms with Crippen LogP contribution in [0.3, 0.4) is 0 Å². The Bertz CT molecular complexity index is 809. The highest BCUT2D eigenvalue weighted by molar-refractivity contribution is 6.35. The van der Waals surface area contributed by atoms with Crippen molar-refractivity contribution in [2.45, 2.75) is 25.3 Å². The average molecular weight is 420 g/mol. The molecule has 28 heavy (non-hydrogen) atoms. The monoisotopic (exact) mass is 419 g/mol. The van der Waals surface area contributed by atoms with Gasteiger partial charge in [-0.05, 0) is 43.1 Å². The van der Waals surface area contributed by atoms with Gasteiger partial charge in [0.05, 0.1) is 0 Å². The van der Waals surface area contributed by atoms with E-state index in [0.717, 1.165) is 24.9 Å². The van der Waals surface area contributed by atoms with Crippen molar-refractivity contribution < 1.29 is 9.59 Å². The molecule has 0 aromatic heterocycles. The number of carbonyl (C=O) groups excluding carboxylic acids is 2.